The first-order chi connectivity index (χ1) is 11.6. The Balaban J connectivity index is 1.75. The Kier molecular flexibility index (Phi) is 4.86. The minimum Gasteiger partial charge on any atom is -0.327 e. The lowest BCUT2D eigenvalue weighted by atomic mass is 10.1. The Bertz CT molecular complexity index is 758. The van der Waals surface area contributed by atoms with Gasteiger partial charge < -0.3 is 10.2 Å². The summed E-state index contributed by atoms with van der Waals surface area (Å²) in [6.07, 6.45) is 1.50. The number of aryl methyl sites for hydroxylation is 1. The molecule has 0 aromatic heterocycles. The highest BCUT2D eigenvalue weighted by Crippen LogP contribution is 2.23. The van der Waals surface area contributed by atoms with E-state index in [2.05, 4.69) is 5.32 Å². The van der Waals surface area contributed by atoms with Crippen LogP contribution in [-0.2, 0) is 4.79 Å². The van der Waals surface area contributed by atoms with E-state index in [1.165, 1.54) is 0 Å². The molecule has 0 unspecified atom stereocenters. The van der Waals surface area contributed by atoms with Gasteiger partial charge in [-0.3, -0.25) is 9.59 Å². The summed E-state index contributed by atoms with van der Waals surface area (Å²) >= 11 is 5.87. The van der Waals surface area contributed by atoms with Gasteiger partial charge in [-0.05, 0) is 55.7 Å². The number of nitrogens with one attached hydrogen (secondary N) is 1. The second kappa shape index (κ2) is 7.05. The number of hydrogen-bond acceptors (Lipinski definition) is 2. The summed E-state index contributed by atoms with van der Waals surface area (Å²) in [5.41, 5.74) is 2.34. The lowest BCUT2D eigenvalue weighted by Crippen LogP contribution is -2.43. The molecule has 1 heterocycles. The van der Waals surface area contributed by atoms with Crippen LogP contribution < -0.4 is 5.32 Å². The molecule has 1 N–H and O–H groups in total. The highest BCUT2D eigenvalue weighted by Gasteiger charge is 2.34. The van der Waals surface area contributed by atoms with Gasteiger partial charge in [0.05, 0.1) is 0 Å². The molecule has 4 nitrogen and oxygen atoms in total. The summed E-state index contributed by atoms with van der Waals surface area (Å²) in [6, 6.07) is 14.0. The summed E-state index contributed by atoms with van der Waals surface area (Å²) in [4.78, 5) is 27.0. The van der Waals surface area contributed by atoms with Gasteiger partial charge in [0.1, 0.15) is 6.04 Å². The van der Waals surface area contributed by atoms with Crippen molar-refractivity contribution in [1.82, 2.24) is 4.90 Å². The fourth-order valence-electron chi connectivity index (χ4n) is 2.97. The molecule has 0 bridgehead atoms. The monoisotopic (exact) mass is 342 g/mol. The normalized spacial score (nSPS) is 16.9. The standard InChI is InChI=1S/C19H19ClN2O2/c1-13-5-2-3-6-16(13)21-18(23)17-7-4-12-22(17)19(24)14-8-10-15(20)11-9-14/h2-3,5-6,8-11,17H,4,7,12H2,1H3,(H,21,23)/t17-/m0/s1. The van der Waals surface area contributed by atoms with Crippen LogP contribution in [0.15, 0.2) is 48.5 Å². The van der Waals surface area contributed by atoms with Crippen LogP contribution >= 0.6 is 11.6 Å². The van der Waals surface area contributed by atoms with E-state index in [1.807, 2.05) is 31.2 Å². The van der Waals surface area contributed by atoms with Crippen molar-refractivity contribution in [3.8, 4) is 0 Å². The van der Waals surface area contributed by atoms with Gasteiger partial charge in [-0.25, -0.2) is 0 Å². The lowest BCUT2D eigenvalue weighted by Gasteiger charge is -2.24. The van der Waals surface area contributed by atoms with Gasteiger partial charge in [-0.2, -0.15) is 0 Å². The molecule has 0 radical (unpaired) electrons. The quantitative estimate of drug-likeness (QED) is 0.919. The minimum absolute atomic E-state index is 0.130. The van der Waals surface area contributed by atoms with Crippen LogP contribution in [0.3, 0.4) is 0 Å². The molecular formula is C19H19ClN2O2. The Morgan fingerprint density at radius 3 is 2.54 bits per heavy atom. The van der Waals surface area contributed by atoms with Crippen LogP contribution in [0, 0.1) is 6.92 Å². The first-order valence-corrected chi connectivity index (χ1v) is 8.37. The molecule has 5 heteroatoms. The van der Waals surface area contributed by atoms with E-state index >= 15 is 0 Å². The zero-order valence-electron chi connectivity index (χ0n) is 13.5. The number of nitrogens with zero attached hydrogens (tertiary/aromatic N) is 1. The van der Waals surface area contributed by atoms with E-state index in [4.69, 9.17) is 11.6 Å². The second-order valence-corrected chi connectivity index (χ2v) is 6.40. The van der Waals surface area contributed by atoms with Crippen molar-refractivity contribution >= 4 is 29.1 Å². The van der Waals surface area contributed by atoms with Gasteiger partial charge in [-0.15, -0.1) is 0 Å². The molecule has 1 aliphatic rings. The largest absolute Gasteiger partial charge is 0.327 e. The molecule has 124 valence electrons. The number of carbonyl (C=O) groups is 2. The first-order valence-electron chi connectivity index (χ1n) is 7.99. The van der Waals surface area contributed by atoms with Gasteiger partial charge >= 0.3 is 0 Å². The van der Waals surface area contributed by atoms with E-state index in [9.17, 15) is 9.59 Å². The van der Waals surface area contributed by atoms with Crippen LogP contribution in [0.5, 0.6) is 0 Å². The zero-order valence-corrected chi connectivity index (χ0v) is 14.2. The molecule has 0 saturated carbocycles. The van der Waals surface area contributed by atoms with Crippen molar-refractivity contribution in [1.29, 1.82) is 0 Å². The number of anilines is 1. The smallest absolute Gasteiger partial charge is 0.254 e. The van der Waals surface area contributed by atoms with Crippen LogP contribution in [0.4, 0.5) is 5.69 Å². The van der Waals surface area contributed by atoms with Crippen molar-refractivity contribution in [3.63, 3.8) is 0 Å². The third-order valence-corrected chi connectivity index (χ3v) is 4.56. The maximum Gasteiger partial charge on any atom is 0.254 e. The SMILES string of the molecule is Cc1ccccc1NC(=O)[C@@H]1CCCN1C(=O)c1ccc(Cl)cc1. The highest BCUT2D eigenvalue weighted by molar-refractivity contribution is 6.30. The Morgan fingerprint density at radius 2 is 1.83 bits per heavy atom. The van der Waals surface area contributed by atoms with Crippen LogP contribution in [-0.4, -0.2) is 29.3 Å². The Labute approximate surface area is 146 Å². The number of rotatable bonds is 3. The van der Waals surface area contributed by atoms with E-state index in [0.717, 1.165) is 17.7 Å². The first kappa shape index (κ1) is 16.5. The Hall–Kier alpha value is -2.33. The molecule has 2 aromatic rings. The summed E-state index contributed by atoms with van der Waals surface area (Å²) in [5.74, 6) is -0.266. The molecule has 3 rings (SSSR count). The lowest BCUT2D eigenvalue weighted by molar-refractivity contribution is -0.119. The van der Waals surface area contributed by atoms with Crippen LogP contribution in [0.1, 0.15) is 28.8 Å². The second-order valence-electron chi connectivity index (χ2n) is 5.97. The third-order valence-electron chi connectivity index (χ3n) is 4.31. The van der Waals surface area contributed by atoms with Gasteiger partial charge in [0, 0.05) is 22.8 Å². The average Bonchev–Trinajstić information content (AvgIpc) is 3.07. The molecule has 0 spiro atoms. The molecule has 24 heavy (non-hydrogen) atoms. The molecule has 1 aliphatic heterocycles. The van der Waals surface area contributed by atoms with Crippen LogP contribution in [0.25, 0.3) is 0 Å². The summed E-state index contributed by atoms with van der Waals surface area (Å²) in [6.45, 7) is 2.54. The van der Waals surface area contributed by atoms with E-state index in [0.29, 0.717) is 23.6 Å². The van der Waals surface area contributed by atoms with Gasteiger partial charge in [0.2, 0.25) is 5.91 Å². The summed E-state index contributed by atoms with van der Waals surface area (Å²) < 4.78 is 0. The van der Waals surface area contributed by atoms with Crippen molar-refractivity contribution in [3.05, 3.63) is 64.7 Å². The number of likely N-dealkylation sites (tertiary alicyclic amines) is 1. The van der Waals surface area contributed by atoms with Crippen molar-refractivity contribution in [2.75, 3.05) is 11.9 Å². The predicted molar refractivity (Wildman–Crippen MR) is 95.3 cm³/mol. The van der Waals surface area contributed by atoms with E-state index in [1.54, 1.807) is 29.2 Å². The zero-order chi connectivity index (χ0) is 17.1. The average molecular weight is 343 g/mol. The summed E-state index contributed by atoms with van der Waals surface area (Å²) in [5, 5.41) is 3.53. The molecule has 1 fully saturated rings. The third kappa shape index (κ3) is 3.44. The molecule has 1 saturated heterocycles. The van der Waals surface area contributed by atoms with Crippen molar-refractivity contribution in [2.45, 2.75) is 25.8 Å². The van der Waals surface area contributed by atoms with Crippen molar-refractivity contribution < 1.29 is 9.59 Å². The Morgan fingerprint density at radius 1 is 1.12 bits per heavy atom. The summed E-state index contributed by atoms with van der Waals surface area (Å²) in [7, 11) is 0. The molecule has 1 atom stereocenters. The van der Waals surface area contributed by atoms with Gasteiger partial charge in [0.15, 0.2) is 0 Å². The van der Waals surface area contributed by atoms with E-state index < -0.39 is 6.04 Å². The number of benzene rings is 2. The highest BCUT2D eigenvalue weighted by atomic mass is 35.5. The predicted octanol–water partition coefficient (Wildman–Crippen LogP) is 3.89. The molecular weight excluding hydrogens is 324 g/mol. The number of halogens is 1. The topological polar surface area (TPSA) is 49.4 Å². The molecule has 2 aromatic carbocycles. The van der Waals surface area contributed by atoms with Crippen LogP contribution in [0.2, 0.25) is 5.02 Å². The number of hydrogen-bond donors (Lipinski definition) is 1. The minimum atomic E-state index is -0.437. The fraction of sp³-hybridized carbons (Fsp3) is 0.263. The van der Waals surface area contributed by atoms with Crippen molar-refractivity contribution in [2.24, 2.45) is 0 Å². The molecule has 2 amide bonds. The van der Waals surface area contributed by atoms with E-state index in [-0.39, 0.29) is 11.8 Å². The molecule has 0 aliphatic carbocycles. The number of para-hydroxylation sites is 1. The fourth-order valence-corrected chi connectivity index (χ4v) is 3.10. The van der Waals surface area contributed by atoms with Gasteiger partial charge in [0.25, 0.3) is 5.91 Å². The number of carbonyl (C=O) groups excluding carboxylic acids is 2. The van der Waals surface area contributed by atoms with Gasteiger partial charge in [-0.1, -0.05) is 29.8 Å². The maximum absolute atomic E-state index is 12.7. The number of amides is 2. The maximum atomic E-state index is 12.7.